The molecule has 3 rings (SSSR count). The van der Waals surface area contributed by atoms with Gasteiger partial charge < -0.3 is 9.64 Å². The fourth-order valence-corrected chi connectivity index (χ4v) is 2.87. The third-order valence-electron chi connectivity index (χ3n) is 4.02. The first-order valence-electron chi connectivity index (χ1n) is 8.21. The smallest absolute Gasteiger partial charge is 0.147 e. The van der Waals surface area contributed by atoms with E-state index in [1.807, 2.05) is 24.4 Å². The lowest BCUT2D eigenvalue weighted by Gasteiger charge is -2.36. The minimum atomic E-state index is 0.0464. The molecule has 6 heteroatoms. The molecule has 2 aromatic heterocycles. The van der Waals surface area contributed by atoms with Crippen LogP contribution in [0, 0.1) is 11.3 Å². The van der Waals surface area contributed by atoms with Crippen molar-refractivity contribution in [3.8, 4) is 17.2 Å². The molecule has 1 fully saturated rings. The Bertz CT molecular complexity index is 707. The second-order valence-corrected chi connectivity index (χ2v) is 5.68. The Morgan fingerprint density at radius 2 is 2.21 bits per heavy atom. The van der Waals surface area contributed by atoms with Crippen molar-refractivity contribution in [1.29, 1.82) is 5.26 Å². The van der Waals surface area contributed by atoms with Gasteiger partial charge in [-0.2, -0.15) is 5.26 Å². The van der Waals surface area contributed by atoms with Crippen molar-refractivity contribution in [3.63, 3.8) is 0 Å². The summed E-state index contributed by atoms with van der Waals surface area (Å²) in [5, 5.41) is 13.1. The summed E-state index contributed by atoms with van der Waals surface area (Å²) in [4.78, 5) is 10.8. The monoisotopic (exact) mass is 323 g/mol. The van der Waals surface area contributed by atoms with Crippen LogP contribution in [0.4, 0.5) is 5.82 Å². The van der Waals surface area contributed by atoms with E-state index in [9.17, 15) is 5.26 Å². The van der Waals surface area contributed by atoms with Gasteiger partial charge in [0.15, 0.2) is 0 Å². The second-order valence-electron chi connectivity index (χ2n) is 5.68. The molecule has 1 atom stereocenters. The molecule has 3 heterocycles. The van der Waals surface area contributed by atoms with Crippen molar-refractivity contribution in [1.82, 2.24) is 15.3 Å². The van der Waals surface area contributed by atoms with Crippen molar-refractivity contribution in [2.75, 3.05) is 31.2 Å². The molecule has 0 amide bonds. The summed E-state index contributed by atoms with van der Waals surface area (Å²) in [7, 11) is 0. The van der Waals surface area contributed by atoms with Crippen molar-refractivity contribution in [2.24, 2.45) is 0 Å². The molecule has 124 valence electrons. The van der Waals surface area contributed by atoms with Crippen LogP contribution in [0.5, 0.6) is 0 Å². The Labute approximate surface area is 142 Å². The molecule has 1 aliphatic heterocycles. The Balaban J connectivity index is 1.95. The van der Waals surface area contributed by atoms with Crippen LogP contribution in [0.1, 0.15) is 18.9 Å². The van der Waals surface area contributed by atoms with Gasteiger partial charge in [-0.15, -0.1) is 0 Å². The molecule has 0 radical (unpaired) electrons. The molecule has 6 nitrogen and oxygen atoms in total. The largest absolute Gasteiger partial charge is 0.377 e. The molecule has 24 heavy (non-hydrogen) atoms. The van der Waals surface area contributed by atoms with E-state index in [0.29, 0.717) is 18.0 Å². The van der Waals surface area contributed by atoms with E-state index in [2.05, 4.69) is 33.2 Å². The van der Waals surface area contributed by atoms with Gasteiger partial charge in [-0.25, -0.2) is 4.98 Å². The summed E-state index contributed by atoms with van der Waals surface area (Å²) in [6.45, 7) is 5.06. The average molecular weight is 323 g/mol. The maximum atomic E-state index is 9.62. The van der Waals surface area contributed by atoms with E-state index in [1.54, 1.807) is 12.4 Å². The highest BCUT2D eigenvalue weighted by molar-refractivity contribution is 5.68. The van der Waals surface area contributed by atoms with Crippen molar-refractivity contribution < 1.29 is 4.74 Å². The SMILES string of the molecule is CCCN(c1ncc(-c2ccncc2)cc1C#N)C1COCCN1. The second kappa shape index (κ2) is 7.86. The minimum Gasteiger partial charge on any atom is -0.377 e. The molecule has 1 aliphatic rings. The number of nitriles is 1. The number of hydrogen-bond donors (Lipinski definition) is 1. The van der Waals surface area contributed by atoms with Gasteiger partial charge in [-0.1, -0.05) is 6.92 Å². The molecule has 0 saturated carbocycles. The maximum Gasteiger partial charge on any atom is 0.147 e. The molecular formula is C18H21N5O. The van der Waals surface area contributed by atoms with Gasteiger partial charge in [0.1, 0.15) is 18.1 Å². The number of nitrogens with zero attached hydrogens (tertiary/aromatic N) is 4. The number of aromatic nitrogens is 2. The van der Waals surface area contributed by atoms with Gasteiger partial charge in [0, 0.05) is 37.2 Å². The van der Waals surface area contributed by atoms with Crippen molar-refractivity contribution in [3.05, 3.63) is 42.4 Å². The molecule has 0 bridgehead atoms. The lowest BCUT2D eigenvalue weighted by molar-refractivity contribution is 0.0753. The van der Waals surface area contributed by atoms with E-state index in [-0.39, 0.29) is 6.17 Å². The van der Waals surface area contributed by atoms with Crippen LogP contribution in [0.3, 0.4) is 0 Å². The van der Waals surface area contributed by atoms with E-state index < -0.39 is 0 Å². The molecule has 0 aliphatic carbocycles. The van der Waals surface area contributed by atoms with Gasteiger partial charge >= 0.3 is 0 Å². The highest BCUT2D eigenvalue weighted by Crippen LogP contribution is 2.26. The van der Waals surface area contributed by atoms with E-state index in [0.717, 1.165) is 37.2 Å². The van der Waals surface area contributed by atoms with Crippen LogP contribution >= 0.6 is 0 Å². The molecule has 0 aromatic carbocycles. The zero-order chi connectivity index (χ0) is 16.8. The average Bonchev–Trinajstić information content (AvgIpc) is 2.67. The quantitative estimate of drug-likeness (QED) is 0.909. The number of nitrogens with one attached hydrogen (secondary N) is 1. The van der Waals surface area contributed by atoms with Crippen molar-refractivity contribution in [2.45, 2.75) is 19.5 Å². The topological polar surface area (TPSA) is 74.1 Å². The number of pyridine rings is 2. The predicted octanol–water partition coefficient (Wildman–Crippen LogP) is 2.18. The van der Waals surface area contributed by atoms with E-state index in [1.165, 1.54) is 0 Å². The maximum absolute atomic E-state index is 9.62. The standard InChI is InChI=1S/C18H21N5O/c1-2-8-23(17-13-24-9-7-21-17)18-15(11-19)10-16(12-22-18)14-3-5-20-6-4-14/h3-6,10,12,17,21H,2,7-9,13H2,1H3. The number of ether oxygens (including phenoxy) is 1. The van der Waals surface area contributed by atoms with Gasteiger partial charge in [-0.05, 0) is 30.2 Å². The molecular weight excluding hydrogens is 302 g/mol. The van der Waals surface area contributed by atoms with E-state index in [4.69, 9.17) is 4.74 Å². The van der Waals surface area contributed by atoms with Gasteiger partial charge in [-0.3, -0.25) is 10.3 Å². The first kappa shape index (κ1) is 16.4. The summed E-state index contributed by atoms with van der Waals surface area (Å²) < 4.78 is 5.58. The number of morpholine rings is 1. The lowest BCUT2D eigenvalue weighted by atomic mass is 10.1. The van der Waals surface area contributed by atoms with Crippen LogP contribution < -0.4 is 10.2 Å². The first-order valence-corrected chi connectivity index (χ1v) is 8.21. The predicted molar refractivity (Wildman–Crippen MR) is 92.4 cm³/mol. The summed E-state index contributed by atoms with van der Waals surface area (Å²) in [6.07, 6.45) is 6.31. The third-order valence-corrected chi connectivity index (χ3v) is 4.02. The highest BCUT2D eigenvalue weighted by atomic mass is 16.5. The Kier molecular flexibility index (Phi) is 5.36. The van der Waals surface area contributed by atoms with Gasteiger partial charge in [0.2, 0.25) is 0 Å². The number of rotatable bonds is 5. The minimum absolute atomic E-state index is 0.0464. The van der Waals surface area contributed by atoms with Crippen LogP contribution in [0.25, 0.3) is 11.1 Å². The highest BCUT2D eigenvalue weighted by Gasteiger charge is 2.24. The fourth-order valence-electron chi connectivity index (χ4n) is 2.87. The normalized spacial score (nSPS) is 17.2. The first-order chi connectivity index (χ1) is 11.8. The molecule has 1 unspecified atom stereocenters. The number of hydrogen-bond acceptors (Lipinski definition) is 6. The van der Waals surface area contributed by atoms with E-state index >= 15 is 0 Å². The zero-order valence-corrected chi connectivity index (χ0v) is 13.8. The van der Waals surface area contributed by atoms with Gasteiger partial charge in [0.25, 0.3) is 0 Å². The van der Waals surface area contributed by atoms with Crippen LogP contribution in [0.2, 0.25) is 0 Å². The summed E-state index contributed by atoms with van der Waals surface area (Å²) in [5.41, 5.74) is 2.49. The third kappa shape index (κ3) is 3.53. The van der Waals surface area contributed by atoms with Gasteiger partial charge in [0.05, 0.1) is 18.8 Å². The lowest BCUT2D eigenvalue weighted by Crippen LogP contribution is -2.53. The Hall–Kier alpha value is -2.49. The molecule has 2 aromatic rings. The summed E-state index contributed by atoms with van der Waals surface area (Å²) in [6, 6.07) is 8.02. The Morgan fingerprint density at radius 1 is 1.38 bits per heavy atom. The van der Waals surface area contributed by atoms with Crippen LogP contribution in [-0.4, -0.2) is 42.4 Å². The van der Waals surface area contributed by atoms with Crippen LogP contribution in [0.15, 0.2) is 36.8 Å². The molecule has 1 N–H and O–H groups in total. The molecule has 0 spiro atoms. The Morgan fingerprint density at radius 3 is 2.88 bits per heavy atom. The molecule has 1 saturated heterocycles. The summed E-state index contributed by atoms with van der Waals surface area (Å²) >= 11 is 0. The number of anilines is 1. The van der Waals surface area contributed by atoms with Crippen molar-refractivity contribution >= 4 is 5.82 Å². The summed E-state index contributed by atoms with van der Waals surface area (Å²) in [5.74, 6) is 0.708. The zero-order valence-electron chi connectivity index (χ0n) is 13.8. The van der Waals surface area contributed by atoms with Crippen LogP contribution in [-0.2, 0) is 4.74 Å². The fraction of sp³-hybridized carbons (Fsp3) is 0.389.